The molecule has 184 valence electrons. The van der Waals surface area contributed by atoms with Gasteiger partial charge in [0.1, 0.15) is 11.0 Å². The summed E-state index contributed by atoms with van der Waals surface area (Å²) in [4.78, 5) is 41.2. The van der Waals surface area contributed by atoms with E-state index < -0.39 is 46.6 Å². The van der Waals surface area contributed by atoms with E-state index >= 15 is 0 Å². The van der Waals surface area contributed by atoms with Gasteiger partial charge >= 0.3 is 10.8 Å². The van der Waals surface area contributed by atoms with Crippen LogP contribution in [0.2, 0.25) is 0 Å². The van der Waals surface area contributed by atoms with E-state index in [2.05, 4.69) is 18.8 Å². The van der Waals surface area contributed by atoms with Gasteiger partial charge in [-0.2, -0.15) is 0 Å². The molecule has 5 rings (SSSR count). The minimum Gasteiger partial charge on any atom is -0.450 e. The number of hydrogen-bond donors (Lipinski definition) is 4. The molecule has 0 aliphatic heterocycles. The monoisotopic (exact) mass is 489 g/mol. The Kier molecular flexibility index (Phi) is 5.03. The summed E-state index contributed by atoms with van der Waals surface area (Å²) in [5.74, 6) is -1.61. The molecule has 1 heterocycles. The van der Waals surface area contributed by atoms with E-state index in [1.165, 1.54) is 0 Å². The average Bonchev–Trinajstić information content (AvgIpc) is 3.04. The first-order valence-corrected chi connectivity index (χ1v) is 12.5. The van der Waals surface area contributed by atoms with Crippen LogP contribution in [0.4, 0.5) is 0 Å². The van der Waals surface area contributed by atoms with Crippen molar-refractivity contribution in [3.05, 3.63) is 43.5 Å². The largest absolute Gasteiger partial charge is 0.450 e. The van der Waals surface area contributed by atoms with Crippen molar-refractivity contribution in [1.82, 2.24) is 4.98 Å². The van der Waals surface area contributed by atoms with Gasteiger partial charge in [-0.1, -0.05) is 44.3 Å². The number of hydrogen-bond acceptors (Lipinski definition) is 8. The van der Waals surface area contributed by atoms with E-state index in [0.717, 1.165) is 0 Å². The van der Waals surface area contributed by atoms with Gasteiger partial charge in [-0.05, 0) is 54.6 Å². The van der Waals surface area contributed by atoms with E-state index in [-0.39, 0.29) is 39.4 Å². The third kappa shape index (κ3) is 2.72. The summed E-state index contributed by atoms with van der Waals surface area (Å²) in [6, 6.07) is 0. The van der Waals surface area contributed by atoms with Crippen molar-refractivity contribution in [2.75, 3.05) is 6.61 Å². The second kappa shape index (κ2) is 7.22. The molecule has 2 fully saturated rings. The zero-order chi connectivity index (χ0) is 25.0. The number of fused-ring (bicyclic) bond motifs is 3. The molecule has 8 atom stereocenters. The Morgan fingerprint density at radius 1 is 1.29 bits per heavy atom. The highest BCUT2D eigenvalue weighted by molar-refractivity contribution is 7.11. The van der Waals surface area contributed by atoms with Crippen molar-refractivity contribution in [3.63, 3.8) is 0 Å². The zero-order valence-corrected chi connectivity index (χ0v) is 20.7. The number of aliphatic hydroxyl groups is 3. The molecule has 0 unspecified atom stereocenters. The van der Waals surface area contributed by atoms with E-state index in [0.29, 0.717) is 29.0 Å². The fourth-order valence-electron chi connectivity index (χ4n) is 7.35. The van der Waals surface area contributed by atoms with Gasteiger partial charge < -0.3 is 25.0 Å². The topological polar surface area (TPSA) is 137 Å². The third-order valence-corrected chi connectivity index (χ3v) is 10.1. The SMILES string of the molecule is CC1=C[C@]23C(=O)[C@@H](C=C(CO)[C@@H](O)[C@]2(O)[C@H]1OC(=O)c1sc(=O)[nH]c1C)[C@H]1[C@@H](C[C@H]3C)C1(C)C. The summed E-state index contributed by atoms with van der Waals surface area (Å²) in [6.45, 7) is 8.88. The Morgan fingerprint density at radius 2 is 1.97 bits per heavy atom. The second-order valence-corrected chi connectivity index (χ2v) is 12.1. The number of aromatic amines is 1. The number of aliphatic hydroxyl groups excluding tert-OH is 2. The van der Waals surface area contributed by atoms with Crippen LogP contribution in [0, 0.1) is 41.4 Å². The number of ether oxygens (including phenoxy) is 1. The Bertz CT molecular complexity index is 1210. The van der Waals surface area contributed by atoms with Crippen LogP contribution in [0.5, 0.6) is 0 Å². The molecule has 4 N–H and O–H groups in total. The molecule has 2 bridgehead atoms. The van der Waals surface area contributed by atoms with E-state index in [1.54, 1.807) is 26.0 Å². The van der Waals surface area contributed by atoms with Crippen LogP contribution in [0.25, 0.3) is 0 Å². The number of aromatic nitrogens is 1. The fraction of sp³-hybridized carbons (Fsp3) is 0.640. The van der Waals surface area contributed by atoms with E-state index in [1.807, 2.05) is 6.92 Å². The quantitative estimate of drug-likeness (QED) is 0.375. The lowest BCUT2D eigenvalue weighted by molar-refractivity contribution is -0.190. The highest BCUT2D eigenvalue weighted by atomic mass is 32.1. The molecule has 1 aromatic heterocycles. The number of ketones is 1. The molecule has 0 radical (unpaired) electrons. The van der Waals surface area contributed by atoms with Crippen molar-refractivity contribution in [3.8, 4) is 0 Å². The first-order chi connectivity index (χ1) is 15.8. The molecular weight excluding hydrogens is 458 g/mol. The summed E-state index contributed by atoms with van der Waals surface area (Å²) in [6.07, 6.45) is 1.06. The second-order valence-electron chi connectivity index (χ2n) is 11.1. The molecule has 0 aromatic carbocycles. The molecular formula is C25H31NO7S. The summed E-state index contributed by atoms with van der Waals surface area (Å²) >= 11 is 0.704. The number of allylic oxidation sites excluding steroid dienone is 1. The van der Waals surface area contributed by atoms with Crippen molar-refractivity contribution in [2.45, 2.75) is 58.8 Å². The molecule has 1 spiro atoms. The number of nitrogens with one attached hydrogen (secondary N) is 1. The van der Waals surface area contributed by atoms with Crippen molar-refractivity contribution in [1.29, 1.82) is 0 Å². The predicted molar refractivity (Wildman–Crippen MR) is 124 cm³/mol. The average molecular weight is 490 g/mol. The first-order valence-electron chi connectivity index (χ1n) is 11.7. The molecule has 4 aliphatic rings. The van der Waals surface area contributed by atoms with Crippen molar-refractivity contribution in [2.24, 2.45) is 34.5 Å². The highest BCUT2D eigenvalue weighted by Gasteiger charge is 2.76. The first kappa shape index (κ1) is 23.7. The van der Waals surface area contributed by atoms with Gasteiger partial charge in [-0.3, -0.25) is 9.59 Å². The Morgan fingerprint density at radius 3 is 2.56 bits per heavy atom. The maximum Gasteiger partial charge on any atom is 0.351 e. The molecule has 0 saturated heterocycles. The summed E-state index contributed by atoms with van der Waals surface area (Å²) in [7, 11) is 0. The van der Waals surface area contributed by atoms with Crippen LogP contribution in [0.1, 0.15) is 49.5 Å². The smallest absolute Gasteiger partial charge is 0.351 e. The van der Waals surface area contributed by atoms with Crippen LogP contribution in [-0.4, -0.2) is 56.5 Å². The van der Waals surface area contributed by atoms with Crippen LogP contribution in [0.3, 0.4) is 0 Å². The summed E-state index contributed by atoms with van der Waals surface area (Å²) < 4.78 is 5.77. The number of thiazole rings is 1. The van der Waals surface area contributed by atoms with Gasteiger partial charge in [-0.25, -0.2) is 4.79 Å². The molecule has 0 amide bonds. The number of H-pyrrole nitrogens is 1. The zero-order valence-electron chi connectivity index (χ0n) is 19.9. The predicted octanol–water partition coefficient (Wildman–Crippen LogP) is 1.74. The van der Waals surface area contributed by atoms with Gasteiger partial charge in [0, 0.05) is 11.6 Å². The van der Waals surface area contributed by atoms with Gasteiger partial charge in [0.25, 0.3) is 0 Å². The molecule has 1 aromatic rings. The number of rotatable bonds is 3. The lowest BCUT2D eigenvalue weighted by atomic mass is 9.59. The van der Waals surface area contributed by atoms with Crippen molar-refractivity contribution >= 4 is 23.1 Å². The van der Waals surface area contributed by atoms with Crippen LogP contribution >= 0.6 is 11.3 Å². The van der Waals surface area contributed by atoms with Gasteiger partial charge in [0.15, 0.2) is 17.5 Å². The number of carbonyl (C=O) groups is 2. The van der Waals surface area contributed by atoms with E-state index in [4.69, 9.17) is 4.74 Å². The standard InChI is InChI=1S/C25H31NO7S/c1-10-8-24-11(2)6-15-16(23(15,4)5)14(19(24)29)7-13(9-27)18(28)25(24,32)20(10)33-21(30)17-12(3)26-22(31)34-17/h7-8,11,14-16,18,20,27-28,32H,6,9H2,1-5H3,(H,26,31)/t11-,14+,15-,16+,18-,20+,24+,25+/m1/s1. The fourth-order valence-corrected chi connectivity index (χ4v) is 8.08. The van der Waals surface area contributed by atoms with Crippen molar-refractivity contribution < 1.29 is 29.6 Å². The third-order valence-electron chi connectivity index (χ3n) is 9.13. The Hall–Kier alpha value is -2.07. The summed E-state index contributed by atoms with van der Waals surface area (Å²) in [5, 5.41) is 34.0. The molecule has 34 heavy (non-hydrogen) atoms. The maximum atomic E-state index is 14.3. The molecule has 2 saturated carbocycles. The van der Waals surface area contributed by atoms with Crippen LogP contribution in [0.15, 0.2) is 28.1 Å². The van der Waals surface area contributed by atoms with Gasteiger partial charge in [-0.15, -0.1) is 0 Å². The minimum atomic E-state index is -2.19. The van der Waals surface area contributed by atoms with Crippen LogP contribution in [-0.2, 0) is 9.53 Å². The molecule has 8 nitrogen and oxygen atoms in total. The highest BCUT2D eigenvalue weighted by Crippen LogP contribution is 2.71. The lowest BCUT2D eigenvalue weighted by Crippen LogP contribution is -2.65. The lowest BCUT2D eigenvalue weighted by Gasteiger charge is -2.48. The normalized spacial score (nSPS) is 42.1. The summed E-state index contributed by atoms with van der Waals surface area (Å²) in [5.41, 5.74) is -2.77. The molecule has 9 heteroatoms. The van der Waals surface area contributed by atoms with E-state index in [9.17, 15) is 29.7 Å². The number of carbonyl (C=O) groups excluding carboxylic acids is 2. The molecule has 4 aliphatic carbocycles. The van der Waals surface area contributed by atoms with Gasteiger partial charge in [0.2, 0.25) is 0 Å². The van der Waals surface area contributed by atoms with Gasteiger partial charge in [0.05, 0.1) is 12.0 Å². The number of esters is 1. The maximum absolute atomic E-state index is 14.3. The Labute approximate surface area is 201 Å². The minimum absolute atomic E-state index is 0.0491. The number of Topliss-reactive ketones (excluding diaryl/α,β-unsaturated/α-hetero) is 1. The van der Waals surface area contributed by atoms with Crippen LogP contribution < -0.4 is 4.87 Å². The number of aryl methyl sites for hydroxylation is 1. The Balaban J connectivity index is 1.65.